The Morgan fingerprint density at radius 1 is 1.57 bits per heavy atom. The van der Waals surface area contributed by atoms with E-state index >= 15 is 0 Å². The highest BCUT2D eigenvalue weighted by atomic mass is 16.0. The lowest BCUT2D eigenvalue weighted by molar-refractivity contribution is 1.02. The summed E-state index contributed by atoms with van der Waals surface area (Å²) in [6, 6.07) is 2.00. The van der Waals surface area contributed by atoms with E-state index in [4.69, 9.17) is 0 Å². The summed E-state index contributed by atoms with van der Waals surface area (Å²) in [4.78, 5) is 0. The molecular formula is C5H8N2. The molecule has 1 N–H and O–H groups in total. The zero-order chi connectivity index (χ0) is 5.28. The van der Waals surface area contributed by atoms with Crippen LogP contribution >= 0.6 is 0 Å². The minimum Gasteiger partial charge on any atom is -0.283 e. The number of H-pyrrole nitrogens is 1. The van der Waals surface area contributed by atoms with Crippen molar-refractivity contribution in [3.05, 3.63) is 17.5 Å². The number of aromatic nitrogens is 2. The summed E-state index contributed by atoms with van der Waals surface area (Å²) >= 11 is 0. The van der Waals surface area contributed by atoms with Crippen molar-refractivity contribution in [2.75, 3.05) is 0 Å². The second-order valence-electron chi connectivity index (χ2n) is 1.69. The van der Waals surface area contributed by atoms with Gasteiger partial charge in [-0.2, -0.15) is 5.10 Å². The van der Waals surface area contributed by atoms with Gasteiger partial charge in [-0.3, -0.25) is 5.10 Å². The van der Waals surface area contributed by atoms with Gasteiger partial charge in [-0.05, 0) is 19.9 Å². The van der Waals surface area contributed by atoms with Gasteiger partial charge < -0.3 is 0 Å². The predicted octanol–water partition coefficient (Wildman–Crippen LogP) is 1.03. The first-order valence-electron chi connectivity index (χ1n) is 2.27. The van der Waals surface area contributed by atoms with E-state index in [1.54, 1.807) is 0 Å². The molecule has 1 rings (SSSR count). The standard InChI is InChI=1S/C5H8N2/c1-4-3-5(2)7-6-4/h3H,1-2H3,(H,6,7)/i6+1,7+1. The third-order valence-corrected chi connectivity index (χ3v) is 0.834. The minimum absolute atomic E-state index is 1.05. The Morgan fingerprint density at radius 2 is 2.29 bits per heavy atom. The van der Waals surface area contributed by atoms with Crippen LogP contribution in [0.2, 0.25) is 0 Å². The van der Waals surface area contributed by atoms with Gasteiger partial charge in [0.15, 0.2) is 0 Å². The van der Waals surface area contributed by atoms with Crippen molar-refractivity contribution < 1.29 is 0 Å². The lowest BCUT2D eigenvalue weighted by Gasteiger charge is -1.68. The molecule has 0 spiro atoms. The zero-order valence-electron chi connectivity index (χ0n) is 4.52. The van der Waals surface area contributed by atoms with Crippen molar-refractivity contribution in [2.24, 2.45) is 0 Å². The van der Waals surface area contributed by atoms with Gasteiger partial charge in [0.05, 0.1) is 5.69 Å². The SMILES string of the molecule is Cc1cc(C)[15nH][15n]1. The molecule has 0 bridgehead atoms. The summed E-state index contributed by atoms with van der Waals surface area (Å²) in [5.74, 6) is 0. The number of rotatable bonds is 0. The summed E-state index contributed by atoms with van der Waals surface area (Å²) in [6.45, 7) is 3.95. The Balaban J connectivity index is 3.04. The van der Waals surface area contributed by atoms with Crippen LogP contribution in [0.5, 0.6) is 0 Å². The van der Waals surface area contributed by atoms with Crippen LogP contribution < -0.4 is 0 Å². The van der Waals surface area contributed by atoms with Gasteiger partial charge in [0.2, 0.25) is 0 Å². The summed E-state index contributed by atoms with van der Waals surface area (Å²) in [5.41, 5.74) is 2.18. The van der Waals surface area contributed by atoms with Crippen LogP contribution in [0.4, 0.5) is 0 Å². The average molecular weight is 98.1 g/mol. The van der Waals surface area contributed by atoms with Gasteiger partial charge in [0.1, 0.15) is 0 Å². The Kier molecular flexibility index (Phi) is 0.855. The van der Waals surface area contributed by atoms with Crippen LogP contribution in [0, 0.1) is 13.8 Å². The first kappa shape index (κ1) is 4.37. The first-order valence-corrected chi connectivity index (χ1v) is 2.27. The Bertz CT molecular complexity index is 138. The number of hydrogen-bond donors (Lipinski definition) is 1. The van der Waals surface area contributed by atoms with Gasteiger partial charge in [-0.15, -0.1) is 0 Å². The highest BCUT2D eigenvalue weighted by molar-refractivity contribution is 5.03. The summed E-state index contributed by atoms with van der Waals surface area (Å²) in [5, 5.41) is 6.71. The van der Waals surface area contributed by atoms with Crippen molar-refractivity contribution in [3.8, 4) is 0 Å². The number of hydrogen-bond acceptors (Lipinski definition) is 1. The molecule has 1 heterocycles. The third-order valence-electron chi connectivity index (χ3n) is 0.834. The molecule has 0 amide bonds. The van der Waals surface area contributed by atoms with Crippen LogP contribution in [0.1, 0.15) is 11.4 Å². The lowest BCUT2D eigenvalue weighted by atomic mass is 10.4. The van der Waals surface area contributed by atoms with E-state index in [0.717, 1.165) is 11.4 Å². The van der Waals surface area contributed by atoms with Crippen LogP contribution in [-0.4, -0.2) is 10.2 Å². The maximum absolute atomic E-state index is 3.89. The molecule has 7 heavy (non-hydrogen) atoms. The Morgan fingerprint density at radius 3 is 2.43 bits per heavy atom. The van der Waals surface area contributed by atoms with Gasteiger partial charge in [-0.25, -0.2) is 0 Å². The summed E-state index contributed by atoms with van der Waals surface area (Å²) in [7, 11) is 0. The molecular weight excluding hydrogens is 90.1 g/mol. The molecule has 2 heteroatoms. The maximum atomic E-state index is 3.89. The van der Waals surface area contributed by atoms with E-state index in [1.807, 2.05) is 19.9 Å². The highest BCUT2D eigenvalue weighted by Crippen LogP contribution is 1.92. The number of aromatic amines is 1. The molecule has 38 valence electrons. The van der Waals surface area contributed by atoms with E-state index in [-0.39, 0.29) is 0 Å². The molecule has 0 saturated carbocycles. The van der Waals surface area contributed by atoms with Crippen LogP contribution in [0.15, 0.2) is 6.07 Å². The normalized spacial score (nSPS) is 9.43. The van der Waals surface area contributed by atoms with Crippen LogP contribution in [-0.2, 0) is 0 Å². The predicted molar refractivity (Wildman–Crippen MR) is 28.1 cm³/mol. The zero-order valence-corrected chi connectivity index (χ0v) is 4.52. The van der Waals surface area contributed by atoms with E-state index in [2.05, 4.69) is 10.2 Å². The fraction of sp³-hybridized carbons (Fsp3) is 0.400. The molecule has 0 aliphatic carbocycles. The Labute approximate surface area is 42.6 Å². The molecule has 1 aromatic heterocycles. The van der Waals surface area contributed by atoms with E-state index in [9.17, 15) is 0 Å². The minimum atomic E-state index is 1.05. The van der Waals surface area contributed by atoms with Crippen LogP contribution in [0.25, 0.3) is 0 Å². The molecule has 0 radical (unpaired) electrons. The first-order chi connectivity index (χ1) is 3.29. The Hall–Kier alpha value is -0.790. The average Bonchev–Trinajstić information content (AvgIpc) is 1.87. The van der Waals surface area contributed by atoms with Crippen LogP contribution in [0.3, 0.4) is 0 Å². The number of nitrogens with zero attached hydrogens (tertiary/aromatic N) is 1. The molecule has 0 atom stereocenters. The monoisotopic (exact) mass is 98.1 g/mol. The van der Waals surface area contributed by atoms with Gasteiger partial charge in [-0.1, -0.05) is 0 Å². The molecule has 1 aromatic rings. The summed E-state index contributed by atoms with van der Waals surface area (Å²) in [6.07, 6.45) is 0. The number of nitrogens with one attached hydrogen (secondary N) is 1. The molecule has 2 nitrogen and oxygen atoms in total. The van der Waals surface area contributed by atoms with Crippen molar-refractivity contribution >= 4 is 0 Å². The van der Waals surface area contributed by atoms with Crippen molar-refractivity contribution in [2.45, 2.75) is 13.8 Å². The molecule has 0 aliphatic rings. The quantitative estimate of drug-likeness (QED) is 0.515. The molecule has 0 saturated heterocycles. The maximum Gasteiger partial charge on any atom is 0.0593 e. The summed E-state index contributed by atoms with van der Waals surface area (Å²) < 4.78 is 0. The van der Waals surface area contributed by atoms with E-state index < -0.39 is 0 Å². The molecule has 0 aromatic carbocycles. The third kappa shape index (κ3) is 0.796. The smallest absolute Gasteiger partial charge is 0.0593 e. The second-order valence-corrected chi connectivity index (χ2v) is 1.69. The lowest BCUT2D eigenvalue weighted by Crippen LogP contribution is -1.68. The fourth-order valence-electron chi connectivity index (χ4n) is 0.554. The largest absolute Gasteiger partial charge is 0.283 e. The highest BCUT2D eigenvalue weighted by Gasteiger charge is 1.84. The molecule has 0 unspecified atom stereocenters. The van der Waals surface area contributed by atoms with Gasteiger partial charge in [0.25, 0.3) is 0 Å². The van der Waals surface area contributed by atoms with Crippen molar-refractivity contribution in [1.29, 1.82) is 0 Å². The number of aryl methyl sites for hydroxylation is 2. The van der Waals surface area contributed by atoms with Crippen molar-refractivity contribution in [3.63, 3.8) is 0 Å². The van der Waals surface area contributed by atoms with Gasteiger partial charge >= 0.3 is 0 Å². The fourth-order valence-corrected chi connectivity index (χ4v) is 0.554. The molecule has 0 fully saturated rings. The topological polar surface area (TPSA) is 28.7 Å². The second kappa shape index (κ2) is 1.37. The molecule has 0 aliphatic heterocycles. The van der Waals surface area contributed by atoms with E-state index in [1.165, 1.54) is 0 Å². The van der Waals surface area contributed by atoms with E-state index in [0.29, 0.717) is 0 Å². The van der Waals surface area contributed by atoms with Gasteiger partial charge in [0, 0.05) is 5.69 Å². The van der Waals surface area contributed by atoms with Crippen molar-refractivity contribution in [1.82, 2.24) is 10.2 Å².